The van der Waals surface area contributed by atoms with Crippen molar-refractivity contribution in [1.29, 1.82) is 0 Å². The first-order valence-corrected chi connectivity index (χ1v) is 9.79. The Morgan fingerprint density at radius 2 is 1.91 bits per heavy atom. The number of sulfonamides is 1. The quantitative estimate of drug-likeness (QED) is 0.695. The lowest BCUT2D eigenvalue weighted by Gasteiger charge is -2.35. The molecule has 1 heterocycles. The van der Waals surface area contributed by atoms with Gasteiger partial charge in [-0.05, 0) is 36.9 Å². The number of halogens is 1. The lowest BCUT2D eigenvalue weighted by molar-refractivity contribution is -0.124. The summed E-state index contributed by atoms with van der Waals surface area (Å²) >= 11 is 1.08. The molecule has 9 heteroatoms. The van der Waals surface area contributed by atoms with E-state index in [1.807, 2.05) is 0 Å². The van der Waals surface area contributed by atoms with Crippen molar-refractivity contribution in [3.63, 3.8) is 0 Å². The van der Waals surface area contributed by atoms with Gasteiger partial charge in [-0.15, -0.1) is 23.7 Å². The van der Waals surface area contributed by atoms with Crippen LogP contribution in [-0.2, 0) is 21.4 Å². The molecule has 0 radical (unpaired) electrons. The molecule has 2 rings (SSSR count). The first kappa shape index (κ1) is 20.4. The fourth-order valence-corrected chi connectivity index (χ4v) is 4.67. The van der Waals surface area contributed by atoms with Gasteiger partial charge < -0.3 is 11.1 Å². The van der Waals surface area contributed by atoms with Crippen LogP contribution in [0.4, 0.5) is 0 Å². The van der Waals surface area contributed by atoms with Gasteiger partial charge in [-0.25, -0.2) is 13.6 Å². The summed E-state index contributed by atoms with van der Waals surface area (Å²) in [4.78, 5) is 12.9. The van der Waals surface area contributed by atoms with Crippen LogP contribution in [0.3, 0.4) is 0 Å². The minimum absolute atomic E-state index is 0. The van der Waals surface area contributed by atoms with E-state index >= 15 is 0 Å². The van der Waals surface area contributed by atoms with Gasteiger partial charge >= 0.3 is 0 Å². The topological polar surface area (TPSA) is 115 Å². The maximum absolute atomic E-state index is 12.1. The summed E-state index contributed by atoms with van der Waals surface area (Å²) in [5, 5.41) is 7.92. The Hall–Kier alpha value is -0.670. The molecule has 0 bridgehead atoms. The zero-order valence-electron chi connectivity index (χ0n) is 12.9. The van der Waals surface area contributed by atoms with E-state index in [1.165, 1.54) is 12.5 Å². The molecule has 5 N–H and O–H groups in total. The van der Waals surface area contributed by atoms with Gasteiger partial charge in [0.25, 0.3) is 0 Å². The standard InChI is InChI=1S/C14H23N3O3S2.ClH/c15-10-14(6-2-1-3-7-14)8-12(18)17-9-11-4-5-13(21-11)22(16,19)20;/h4-5H,1-3,6-10,15H2,(H,17,18)(H2,16,19,20);1H. The molecule has 23 heavy (non-hydrogen) atoms. The van der Waals surface area contributed by atoms with Crippen molar-refractivity contribution in [2.24, 2.45) is 16.3 Å². The van der Waals surface area contributed by atoms with E-state index in [4.69, 9.17) is 10.9 Å². The molecule has 1 aromatic rings. The van der Waals surface area contributed by atoms with Gasteiger partial charge in [-0.3, -0.25) is 4.79 Å². The van der Waals surface area contributed by atoms with Crippen molar-refractivity contribution >= 4 is 39.7 Å². The van der Waals surface area contributed by atoms with Crippen molar-refractivity contribution in [3.05, 3.63) is 17.0 Å². The monoisotopic (exact) mass is 381 g/mol. The Bertz CT molecular complexity index is 625. The molecule has 0 aromatic carbocycles. The number of rotatable bonds is 6. The molecule has 1 amide bonds. The molecule has 132 valence electrons. The first-order chi connectivity index (χ1) is 10.3. The van der Waals surface area contributed by atoms with E-state index in [2.05, 4.69) is 5.32 Å². The minimum atomic E-state index is -3.67. The normalized spacial score (nSPS) is 17.3. The number of hydrogen-bond donors (Lipinski definition) is 3. The van der Waals surface area contributed by atoms with Gasteiger partial charge in [-0.2, -0.15) is 0 Å². The number of nitrogens with one attached hydrogen (secondary N) is 1. The molecule has 6 nitrogen and oxygen atoms in total. The second-order valence-corrected chi connectivity index (χ2v) is 8.94. The lowest BCUT2D eigenvalue weighted by Crippen LogP contribution is -2.38. The SMILES string of the molecule is Cl.NCC1(CC(=O)NCc2ccc(S(N)(=O)=O)s2)CCCCC1. The average molecular weight is 382 g/mol. The van der Waals surface area contributed by atoms with Crippen molar-refractivity contribution in [2.45, 2.75) is 49.3 Å². The van der Waals surface area contributed by atoms with Crippen molar-refractivity contribution in [2.75, 3.05) is 6.54 Å². The fourth-order valence-electron chi connectivity index (χ4n) is 2.95. The van der Waals surface area contributed by atoms with E-state index in [9.17, 15) is 13.2 Å². The maximum atomic E-state index is 12.1. The van der Waals surface area contributed by atoms with E-state index in [0.717, 1.165) is 41.9 Å². The van der Waals surface area contributed by atoms with Crippen molar-refractivity contribution in [1.82, 2.24) is 5.32 Å². The first-order valence-electron chi connectivity index (χ1n) is 7.43. The molecule has 1 fully saturated rings. The number of nitrogens with two attached hydrogens (primary N) is 2. The Morgan fingerprint density at radius 3 is 2.43 bits per heavy atom. The Labute approximate surface area is 147 Å². The maximum Gasteiger partial charge on any atom is 0.247 e. The number of carbonyl (C=O) groups excluding carboxylic acids is 1. The predicted molar refractivity (Wildman–Crippen MR) is 94.0 cm³/mol. The van der Waals surface area contributed by atoms with Crippen molar-refractivity contribution < 1.29 is 13.2 Å². The third-order valence-corrected chi connectivity index (χ3v) is 6.78. The third kappa shape index (κ3) is 5.72. The molecule has 0 aliphatic heterocycles. The number of hydrogen-bond acceptors (Lipinski definition) is 5. The van der Waals surface area contributed by atoms with E-state index in [-0.39, 0.29) is 27.9 Å². The number of amides is 1. The molecule has 1 aliphatic carbocycles. The summed E-state index contributed by atoms with van der Waals surface area (Å²) in [5.74, 6) is -0.0297. The van der Waals surface area contributed by atoms with Crippen molar-refractivity contribution in [3.8, 4) is 0 Å². The van der Waals surface area contributed by atoms with Crippen LogP contribution in [0.2, 0.25) is 0 Å². The van der Waals surface area contributed by atoms with E-state index in [0.29, 0.717) is 19.5 Å². The fraction of sp³-hybridized carbons (Fsp3) is 0.643. The summed E-state index contributed by atoms with van der Waals surface area (Å²) in [6.07, 6.45) is 5.93. The number of thiophene rings is 1. The summed E-state index contributed by atoms with van der Waals surface area (Å²) < 4.78 is 22.5. The summed E-state index contributed by atoms with van der Waals surface area (Å²) in [6, 6.07) is 3.13. The molecule has 1 aromatic heterocycles. The molecule has 0 atom stereocenters. The molecule has 1 aliphatic rings. The Balaban J connectivity index is 0.00000264. The minimum Gasteiger partial charge on any atom is -0.351 e. The van der Waals surface area contributed by atoms with Gasteiger partial charge in [0.15, 0.2) is 0 Å². The molecular formula is C14H24ClN3O3S2. The van der Waals surface area contributed by atoms with Crippen LogP contribution in [0.1, 0.15) is 43.4 Å². The largest absolute Gasteiger partial charge is 0.351 e. The van der Waals surface area contributed by atoms with Gasteiger partial charge in [0, 0.05) is 11.3 Å². The summed E-state index contributed by atoms with van der Waals surface area (Å²) in [5.41, 5.74) is 5.82. The Morgan fingerprint density at radius 1 is 1.26 bits per heavy atom. The number of primary sulfonamides is 1. The highest BCUT2D eigenvalue weighted by Crippen LogP contribution is 2.38. The molecule has 0 spiro atoms. The summed E-state index contributed by atoms with van der Waals surface area (Å²) in [7, 11) is -3.67. The zero-order chi connectivity index (χ0) is 16.2. The van der Waals surface area contributed by atoms with Crippen LogP contribution in [0.15, 0.2) is 16.3 Å². The predicted octanol–water partition coefficient (Wildman–Crippen LogP) is 1.73. The van der Waals surface area contributed by atoms with Gasteiger partial charge in [0.1, 0.15) is 4.21 Å². The highest BCUT2D eigenvalue weighted by Gasteiger charge is 2.32. The average Bonchev–Trinajstić information content (AvgIpc) is 2.95. The van der Waals surface area contributed by atoms with E-state index < -0.39 is 10.0 Å². The van der Waals surface area contributed by atoms with Crippen LogP contribution >= 0.6 is 23.7 Å². The smallest absolute Gasteiger partial charge is 0.247 e. The van der Waals surface area contributed by atoms with Gasteiger partial charge in [0.2, 0.25) is 15.9 Å². The molecule has 1 saturated carbocycles. The Kier molecular flexibility index (Phi) is 7.47. The number of carbonyl (C=O) groups is 1. The van der Waals surface area contributed by atoms with E-state index in [1.54, 1.807) is 6.07 Å². The van der Waals surface area contributed by atoms with Gasteiger partial charge in [-0.1, -0.05) is 19.3 Å². The van der Waals surface area contributed by atoms with Crippen LogP contribution in [0, 0.1) is 5.41 Å². The van der Waals surface area contributed by atoms with Gasteiger partial charge in [0.05, 0.1) is 6.54 Å². The molecule has 0 saturated heterocycles. The van der Waals surface area contributed by atoms with Crippen LogP contribution in [0.5, 0.6) is 0 Å². The second-order valence-electron chi connectivity index (χ2n) is 5.98. The van der Waals surface area contributed by atoms with Crippen LogP contribution < -0.4 is 16.2 Å². The lowest BCUT2D eigenvalue weighted by atomic mass is 9.71. The zero-order valence-corrected chi connectivity index (χ0v) is 15.4. The highest BCUT2D eigenvalue weighted by molar-refractivity contribution is 7.91. The molecule has 0 unspecified atom stereocenters. The summed E-state index contributed by atoms with van der Waals surface area (Å²) in [6.45, 7) is 0.856. The third-order valence-electron chi connectivity index (χ3n) is 4.26. The van der Waals surface area contributed by atoms with Crippen LogP contribution in [-0.4, -0.2) is 20.9 Å². The highest BCUT2D eigenvalue weighted by atomic mass is 35.5. The molecular weight excluding hydrogens is 358 g/mol. The van der Waals surface area contributed by atoms with Crippen LogP contribution in [0.25, 0.3) is 0 Å². The second kappa shape index (κ2) is 8.43.